The van der Waals surface area contributed by atoms with E-state index in [0.717, 1.165) is 22.3 Å². The molecule has 3 atom stereocenters. The zero-order valence-corrected chi connectivity index (χ0v) is 24.7. The molecule has 4 aromatic rings. The lowest BCUT2D eigenvalue weighted by Gasteiger charge is -2.50. The molecule has 1 aliphatic rings. The molecule has 0 saturated carbocycles. The van der Waals surface area contributed by atoms with Gasteiger partial charge in [-0.25, -0.2) is 4.67 Å². The summed E-state index contributed by atoms with van der Waals surface area (Å²) in [5.74, 6) is -0.980. The molecule has 4 aromatic carbocycles. The third-order valence-electron chi connectivity index (χ3n) is 8.17. The van der Waals surface area contributed by atoms with Crippen LogP contribution in [0.5, 0.6) is 0 Å². The van der Waals surface area contributed by atoms with Gasteiger partial charge in [-0.1, -0.05) is 141 Å². The quantitative estimate of drug-likeness (QED) is 0.110. The second-order valence-corrected chi connectivity index (χ2v) is 13.1. The van der Waals surface area contributed by atoms with E-state index in [1.165, 1.54) is 0 Å². The van der Waals surface area contributed by atoms with Crippen LogP contribution in [0, 0.1) is 11.8 Å². The minimum atomic E-state index is -4.08. The van der Waals surface area contributed by atoms with Gasteiger partial charge < -0.3 is 4.52 Å². The molecule has 1 saturated heterocycles. The fraction of sp³-hybridized carbons (Fsp3) is 0.250. The van der Waals surface area contributed by atoms with Crippen LogP contribution in [0.25, 0.3) is 0 Å². The zero-order chi connectivity index (χ0) is 28.9. The van der Waals surface area contributed by atoms with Crippen LogP contribution in [-0.2, 0) is 19.4 Å². The lowest BCUT2D eigenvalue weighted by atomic mass is 9.77. The van der Waals surface area contributed by atoms with Crippen molar-refractivity contribution in [2.24, 2.45) is 11.8 Å². The van der Waals surface area contributed by atoms with E-state index in [9.17, 15) is 4.79 Å². The highest BCUT2D eigenvalue weighted by atomic mass is 31.2. The van der Waals surface area contributed by atoms with E-state index in [0.29, 0.717) is 13.0 Å². The van der Waals surface area contributed by atoms with Gasteiger partial charge in [-0.15, -0.1) is 6.58 Å². The van der Waals surface area contributed by atoms with Gasteiger partial charge in [0.15, 0.2) is 0 Å². The van der Waals surface area contributed by atoms with Crippen molar-refractivity contribution in [1.29, 1.82) is 0 Å². The van der Waals surface area contributed by atoms with Crippen molar-refractivity contribution in [2.45, 2.75) is 31.7 Å². The Morgan fingerprint density at radius 1 is 0.805 bits per heavy atom. The van der Waals surface area contributed by atoms with Crippen molar-refractivity contribution < 1.29 is 13.9 Å². The van der Waals surface area contributed by atoms with E-state index in [4.69, 9.17) is 4.52 Å². The van der Waals surface area contributed by atoms with Crippen molar-refractivity contribution >= 4 is 13.0 Å². The first-order valence-electron chi connectivity index (χ1n) is 14.4. The third-order valence-corrected chi connectivity index (χ3v) is 10.7. The molecule has 4 nitrogen and oxygen atoms in total. The summed E-state index contributed by atoms with van der Waals surface area (Å²) in [4.78, 5) is 14.9. The molecule has 0 N–H and O–H groups in total. The van der Waals surface area contributed by atoms with Gasteiger partial charge in [0, 0.05) is 18.4 Å². The van der Waals surface area contributed by atoms with Crippen LogP contribution in [0.3, 0.4) is 0 Å². The molecule has 5 rings (SSSR count). The maximum absolute atomic E-state index is 15.5. The molecular formula is C36H38NO3P. The fourth-order valence-corrected chi connectivity index (χ4v) is 9.21. The first kappa shape index (κ1) is 29.0. The van der Waals surface area contributed by atoms with Crippen LogP contribution in [-0.4, -0.2) is 23.3 Å². The molecule has 210 valence electrons. The van der Waals surface area contributed by atoms with Crippen molar-refractivity contribution in [3.05, 3.63) is 156 Å². The van der Waals surface area contributed by atoms with E-state index in [2.05, 4.69) is 43.0 Å². The molecule has 1 fully saturated rings. The van der Waals surface area contributed by atoms with Crippen LogP contribution in [0.2, 0.25) is 0 Å². The first-order chi connectivity index (χ1) is 19.9. The normalized spacial score (nSPS) is 19.4. The summed E-state index contributed by atoms with van der Waals surface area (Å²) in [6.45, 7) is 8.84. The number of rotatable bonds is 10. The van der Waals surface area contributed by atoms with Gasteiger partial charge in [-0.05, 0) is 34.6 Å². The third kappa shape index (κ3) is 5.28. The standard InChI is InChI=1S/C36H38NO3P/c1-4-33(29-18-9-5-10-19-29)34(28(2)3)35(38)41(39)37(26-17-27-40-41)36(30-20-11-6-12-21-30,31-22-13-7-14-23-31)32-24-15-8-16-25-32/h4-16,18-25,28,33-34H,1,17,26-27H2,2-3H3/t33-,34+,41+/m0/s1. The highest BCUT2D eigenvalue weighted by Gasteiger charge is 2.57. The average Bonchev–Trinajstić information content (AvgIpc) is 3.02. The Kier molecular flexibility index (Phi) is 8.85. The molecule has 41 heavy (non-hydrogen) atoms. The Hall–Kier alpha value is -3.56. The fourth-order valence-electron chi connectivity index (χ4n) is 6.34. The van der Waals surface area contributed by atoms with Crippen molar-refractivity contribution in [2.75, 3.05) is 13.2 Å². The molecule has 0 aromatic heterocycles. The van der Waals surface area contributed by atoms with Gasteiger partial charge in [-0.2, -0.15) is 0 Å². The average molecular weight is 564 g/mol. The molecule has 0 aliphatic carbocycles. The minimum absolute atomic E-state index is 0.0940. The van der Waals surface area contributed by atoms with Gasteiger partial charge in [0.25, 0.3) is 0 Å². The molecule has 0 radical (unpaired) electrons. The van der Waals surface area contributed by atoms with Crippen LogP contribution in [0.1, 0.15) is 48.4 Å². The molecule has 0 amide bonds. The second kappa shape index (κ2) is 12.5. The van der Waals surface area contributed by atoms with Gasteiger partial charge in [0.1, 0.15) is 5.54 Å². The predicted octanol–water partition coefficient (Wildman–Crippen LogP) is 8.66. The van der Waals surface area contributed by atoms with Gasteiger partial charge in [0.05, 0.1) is 6.61 Å². The number of benzene rings is 4. The van der Waals surface area contributed by atoms with Gasteiger partial charge in [-0.3, -0.25) is 9.36 Å². The van der Waals surface area contributed by atoms with Crippen molar-refractivity contribution in [3.63, 3.8) is 0 Å². The second-order valence-electron chi connectivity index (χ2n) is 10.9. The molecule has 0 unspecified atom stereocenters. The Morgan fingerprint density at radius 3 is 1.66 bits per heavy atom. The van der Waals surface area contributed by atoms with Gasteiger partial charge >= 0.3 is 7.52 Å². The molecule has 0 spiro atoms. The molecule has 0 bridgehead atoms. The van der Waals surface area contributed by atoms with Crippen molar-refractivity contribution in [1.82, 2.24) is 4.67 Å². The first-order valence-corrected chi connectivity index (χ1v) is 15.9. The Balaban J connectivity index is 1.76. The van der Waals surface area contributed by atoms with Crippen molar-refractivity contribution in [3.8, 4) is 0 Å². The lowest BCUT2D eigenvalue weighted by molar-refractivity contribution is -0.119. The highest BCUT2D eigenvalue weighted by molar-refractivity contribution is 7.74. The summed E-state index contributed by atoms with van der Waals surface area (Å²) < 4.78 is 23.7. The van der Waals surface area contributed by atoms with E-state index in [1.54, 1.807) is 0 Å². The SMILES string of the molecule is C=C[C@@H](c1ccccc1)[C@H](C(=O)[P@@]1(=O)OCCCN1C(c1ccccc1)(c1ccccc1)c1ccccc1)C(C)C. The number of hydrogen-bond donors (Lipinski definition) is 0. The largest absolute Gasteiger partial charge is 0.339 e. The van der Waals surface area contributed by atoms with E-state index < -0.39 is 19.0 Å². The predicted molar refractivity (Wildman–Crippen MR) is 167 cm³/mol. The van der Waals surface area contributed by atoms with E-state index in [1.807, 2.05) is 110 Å². The van der Waals surface area contributed by atoms with Gasteiger partial charge in [0.2, 0.25) is 5.52 Å². The number of carbonyl (C=O) groups is 1. The maximum atomic E-state index is 15.5. The lowest BCUT2D eigenvalue weighted by Crippen LogP contribution is -2.50. The Morgan fingerprint density at radius 2 is 1.24 bits per heavy atom. The summed E-state index contributed by atoms with van der Waals surface area (Å²) in [6, 6.07) is 40.1. The minimum Gasteiger partial charge on any atom is -0.312 e. The summed E-state index contributed by atoms with van der Waals surface area (Å²) in [7, 11) is -4.08. The number of hydrogen-bond acceptors (Lipinski definition) is 3. The molecule has 5 heteroatoms. The summed E-state index contributed by atoms with van der Waals surface area (Å²) in [6.07, 6.45) is 2.47. The Bertz CT molecular complexity index is 1390. The van der Waals surface area contributed by atoms with Crippen LogP contribution in [0.15, 0.2) is 134 Å². The topological polar surface area (TPSA) is 46.6 Å². The molecular weight excluding hydrogens is 525 g/mol. The number of nitrogens with zero attached hydrogens (tertiary/aromatic N) is 1. The molecule has 1 heterocycles. The zero-order valence-electron chi connectivity index (χ0n) is 23.8. The summed E-state index contributed by atoms with van der Waals surface area (Å²) in [5.41, 5.74) is 2.40. The maximum Gasteiger partial charge on any atom is 0.339 e. The van der Waals surface area contributed by atoms with E-state index >= 15 is 4.57 Å². The summed E-state index contributed by atoms with van der Waals surface area (Å²) >= 11 is 0. The monoisotopic (exact) mass is 563 g/mol. The molecule has 1 aliphatic heterocycles. The van der Waals surface area contributed by atoms with Crippen LogP contribution in [0.4, 0.5) is 0 Å². The number of allylic oxidation sites excluding steroid dienone is 1. The highest BCUT2D eigenvalue weighted by Crippen LogP contribution is 2.64. The number of carbonyl (C=O) groups excluding carboxylic acids is 1. The van der Waals surface area contributed by atoms with E-state index in [-0.39, 0.29) is 24.0 Å². The smallest absolute Gasteiger partial charge is 0.312 e. The van der Waals surface area contributed by atoms with Crippen LogP contribution < -0.4 is 0 Å². The Labute approximate surface area is 244 Å². The van der Waals surface area contributed by atoms with Crippen LogP contribution >= 0.6 is 7.52 Å². The summed E-state index contributed by atoms with van der Waals surface area (Å²) in [5, 5.41) is 0.